The van der Waals surface area contributed by atoms with E-state index in [1.807, 2.05) is 13.8 Å². The standard InChI is InChI=1S/C12H20N4O3/c1-8(2)19-12-15-10(13)14-11(16-12)18-7-9-5-3-4-6-17-9/h8-9H,3-7H2,1-2H3,(H2,13,14,15,16). The second kappa shape index (κ2) is 6.51. The molecule has 7 heteroatoms. The molecule has 106 valence electrons. The van der Waals surface area contributed by atoms with Gasteiger partial charge in [0, 0.05) is 6.61 Å². The third-order valence-corrected chi connectivity index (χ3v) is 2.63. The number of hydrogen-bond donors (Lipinski definition) is 1. The van der Waals surface area contributed by atoms with Gasteiger partial charge in [0.1, 0.15) is 6.61 Å². The third-order valence-electron chi connectivity index (χ3n) is 2.63. The van der Waals surface area contributed by atoms with Gasteiger partial charge in [0.2, 0.25) is 5.95 Å². The van der Waals surface area contributed by atoms with E-state index in [0.717, 1.165) is 25.9 Å². The predicted octanol–water partition coefficient (Wildman–Crippen LogP) is 1.19. The zero-order chi connectivity index (χ0) is 13.7. The van der Waals surface area contributed by atoms with Crippen LogP contribution in [0.4, 0.5) is 5.95 Å². The van der Waals surface area contributed by atoms with Crippen LogP contribution >= 0.6 is 0 Å². The Bertz CT molecular complexity index is 408. The summed E-state index contributed by atoms with van der Waals surface area (Å²) >= 11 is 0. The molecule has 1 aliphatic rings. The first-order valence-corrected chi connectivity index (χ1v) is 6.56. The Morgan fingerprint density at radius 1 is 1.26 bits per heavy atom. The van der Waals surface area contributed by atoms with E-state index in [9.17, 15) is 0 Å². The van der Waals surface area contributed by atoms with Crippen molar-refractivity contribution in [2.45, 2.75) is 45.3 Å². The second-order valence-electron chi connectivity index (χ2n) is 4.72. The Balaban J connectivity index is 1.93. The summed E-state index contributed by atoms with van der Waals surface area (Å²) in [5.41, 5.74) is 5.59. The molecule has 1 aromatic heterocycles. The van der Waals surface area contributed by atoms with Gasteiger partial charge in [0.25, 0.3) is 0 Å². The van der Waals surface area contributed by atoms with Gasteiger partial charge in [-0.3, -0.25) is 0 Å². The van der Waals surface area contributed by atoms with Crippen molar-refractivity contribution in [2.24, 2.45) is 0 Å². The minimum atomic E-state index is -0.0312. The summed E-state index contributed by atoms with van der Waals surface area (Å²) in [7, 11) is 0. The summed E-state index contributed by atoms with van der Waals surface area (Å²) in [6.07, 6.45) is 3.34. The molecule has 2 N–H and O–H groups in total. The van der Waals surface area contributed by atoms with Crippen LogP contribution in [0.2, 0.25) is 0 Å². The van der Waals surface area contributed by atoms with Crippen LogP contribution < -0.4 is 15.2 Å². The summed E-state index contributed by atoms with van der Waals surface area (Å²) < 4.78 is 16.4. The maximum Gasteiger partial charge on any atom is 0.324 e. The molecule has 0 spiro atoms. The smallest absolute Gasteiger partial charge is 0.324 e. The van der Waals surface area contributed by atoms with Gasteiger partial charge in [-0.25, -0.2) is 0 Å². The van der Waals surface area contributed by atoms with Crippen LogP contribution in [0.1, 0.15) is 33.1 Å². The van der Waals surface area contributed by atoms with Crippen LogP contribution in [0.15, 0.2) is 0 Å². The molecule has 2 rings (SSSR count). The number of aromatic nitrogens is 3. The molecule has 0 aromatic carbocycles. The lowest BCUT2D eigenvalue weighted by atomic mass is 10.1. The lowest BCUT2D eigenvalue weighted by Crippen LogP contribution is -2.26. The van der Waals surface area contributed by atoms with Gasteiger partial charge in [0.15, 0.2) is 0 Å². The van der Waals surface area contributed by atoms with Crippen LogP contribution in [0, 0.1) is 0 Å². The first kappa shape index (κ1) is 13.8. The first-order chi connectivity index (χ1) is 9.13. The van der Waals surface area contributed by atoms with Gasteiger partial charge in [-0.2, -0.15) is 9.97 Å². The van der Waals surface area contributed by atoms with Crippen molar-refractivity contribution in [2.75, 3.05) is 18.9 Å². The van der Waals surface area contributed by atoms with Crippen LogP contribution in [0.3, 0.4) is 0 Å². The monoisotopic (exact) mass is 268 g/mol. The third kappa shape index (κ3) is 4.51. The van der Waals surface area contributed by atoms with Gasteiger partial charge < -0.3 is 19.9 Å². The number of ether oxygens (including phenoxy) is 3. The van der Waals surface area contributed by atoms with Crippen molar-refractivity contribution in [3.05, 3.63) is 0 Å². The first-order valence-electron chi connectivity index (χ1n) is 6.56. The molecule has 0 saturated carbocycles. The Morgan fingerprint density at radius 3 is 2.74 bits per heavy atom. The molecule has 0 aliphatic carbocycles. The highest BCUT2D eigenvalue weighted by Crippen LogP contribution is 2.16. The van der Waals surface area contributed by atoms with Gasteiger partial charge >= 0.3 is 12.0 Å². The van der Waals surface area contributed by atoms with Crippen molar-refractivity contribution >= 4 is 5.95 Å². The lowest BCUT2D eigenvalue weighted by molar-refractivity contribution is -0.0131. The fraction of sp³-hybridized carbons (Fsp3) is 0.750. The molecule has 1 fully saturated rings. The minimum Gasteiger partial charge on any atom is -0.461 e. The quantitative estimate of drug-likeness (QED) is 0.857. The van der Waals surface area contributed by atoms with Crippen LogP contribution in [0.25, 0.3) is 0 Å². The highest BCUT2D eigenvalue weighted by Gasteiger charge is 2.16. The molecule has 0 bridgehead atoms. The largest absolute Gasteiger partial charge is 0.461 e. The molecular weight excluding hydrogens is 248 g/mol. The lowest BCUT2D eigenvalue weighted by Gasteiger charge is -2.22. The van der Waals surface area contributed by atoms with E-state index in [-0.39, 0.29) is 30.2 Å². The summed E-state index contributed by atoms with van der Waals surface area (Å²) in [5.74, 6) is 0.0882. The normalized spacial score (nSPS) is 19.4. The van der Waals surface area contributed by atoms with E-state index < -0.39 is 0 Å². The molecule has 1 atom stereocenters. The second-order valence-corrected chi connectivity index (χ2v) is 4.72. The highest BCUT2D eigenvalue weighted by molar-refractivity contribution is 5.20. The average molecular weight is 268 g/mol. The van der Waals surface area contributed by atoms with E-state index in [0.29, 0.717) is 6.61 Å². The van der Waals surface area contributed by atoms with Crippen molar-refractivity contribution in [1.82, 2.24) is 15.0 Å². The van der Waals surface area contributed by atoms with Crippen LogP contribution in [0.5, 0.6) is 12.0 Å². The molecule has 0 amide bonds. The predicted molar refractivity (Wildman–Crippen MR) is 69.1 cm³/mol. The van der Waals surface area contributed by atoms with Gasteiger partial charge in [0.05, 0.1) is 12.2 Å². The van der Waals surface area contributed by atoms with Crippen LogP contribution in [-0.4, -0.2) is 40.4 Å². The van der Waals surface area contributed by atoms with E-state index in [1.54, 1.807) is 0 Å². The van der Waals surface area contributed by atoms with Crippen LogP contribution in [-0.2, 0) is 4.74 Å². The Hall–Kier alpha value is -1.63. The number of hydrogen-bond acceptors (Lipinski definition) is 7. The Labute approximate surface area is 112 Å². The number of rotatable bonds is 5. The molecule has 0 radical (unpaired) electrons. The van der Waals surface area contributed by atoms with Crippen molar-refractivity contribution < 1.29 is 14.2 Å². The fourth-order valence-electron chi connectivity index (χ4n) is 1.79. The van der Waals surface area contributed by atoms with Crippen molar-refractivity contribution in [3.8, 4) is 12.0 Å². The number of anilines is 1. The number of nitrogen functional groups attached to an aromatic ring is 1. The van der Waals surface area contributed by atoms with E-state index in [2.05, 4.69) is 15.0 Å². The maximum absolute atomic E-state index is 5.59. The summed E-state index contributed by atoms with van der Waals surface area (Å²) in [5, 5.41) is 0. The van der Waals surface area contributed by atoms with Crippen molar-refractivity contribution in [1.29, 1.82) is 0 Å². The number of nitrogens with two attached hydrogens (primary N) is 1. The maximum atomic E-state index is 5.59. The topological polar surface area (TPSA) is 92.4 Å². The Morgan fingerprint density at radius 2 is 2.05 bits per heavy atom. The fourth-order valence-corrected chi connectivity index (χ4v) is 1.79. The van der Waals surface area contributed by atoms with Crippen molar-refractivity contribution in [3.63, 3.8) is 0 Å². The van der Waals surface area contributed by atoms with E-state index in [1.165, 1.54) is 0 Å². The Kier molecular flexibility index (Phi) is 4.73. The number of nitrogens with zero attached hydrogens (tertiary/aromatic N) is 3. The molecule has 1 aromatic rings. The zero-order valence-electron chi connectivity index (χ0n) is 11.3. The molecular formula is C12H20N4O3. The van der Waals surface area contributed by atoms with Gasteiger partial charge in [-0.05, 0) is 33.1 Å². The molecule has 1 aliphatic heterocycles. The molecule has 2 heterocycles. The van der Waals surface area contributed by atoms with Gasteiger partial charge in [-0.1, -0.05) is 0 Å². The molecule has 1 unspecified atom stereocenters. The molecule has 19 heavy (non-hydrogen) atoms. The van der Waals surface area contributed by atoms with E-state index >= 15 is 0 Å². The minimum absolute atomic E-state index is 0.0312. The van der Waals surface area contributed by atoms with Gasteiger partial charge in [-0.15, -0.1) is 4.98 Å². The molecule has 1 saturated heterocycles. The zero-order valence-corrected chi connectivity index (χ0v) is 11.3. The summed E-state index contributed by atoms with van der Waals surface area (Å²) in [6, 6.07) is 0.361. The SMILES string of the molecule is CC(C)Oc1nc(N)nc(OCC2CCCCO2)n1. The summed E-state index contributed by atoms with van der Waals surface area (Å²) in [4.78, 5) is 11.9. The molecule has 7 nitrogen and oxygen atoms in total. The average Bonchev–Trinajstić information content (AvgIpc) is 2.36. The highest BCUT2D eigenvalue weighted by atomic mass is 16.5. The summed E-state index contributed by atoms with van der Waals surface area (Å²) in [6.45, 7) is 4.98. The van der Waals surface area contributed by atoms with E-state index in [4.69, 9.17) is 19.9 Å².